The molecule has 4 atom stereocenters. The average molecular weight is 252 g/mol. The minimum Gasteiger partial charge on any atom is -0.326 e. The van der Waals surface area contributed by atoms with Crippen molar-refractivity contribution < 1.29 is 0 Å². The van der Waals surface area contributed by atoms with Crippen molar-refractivity contribution in [2.24, 2.45) is 23.0 Å². The third kappa shape index (κ3) is 3.08. The fourth-order valence-electron chi connectivity index (χ4n) is 3.87. The lowest BCUT2D eigenvalue weighted by Gasteiger charge is -2.44. The molecule has 0 amide bonds. The molecule has 106 valence electrons. The molecule has 18 heavy (non-hydrogen) atoms. The van der Waals surface area contributed by atoms with Crippen molar-refractivity contribution in [3.8, 4) is 0 Å². The fourth-order valence-corrected chi connectivity index (χ4v) is 3.87. The van der Waals surface area contributed by atoms with E-state index in [1.807, 2.05) is 0 Å². The number of rotatable bonds is 2. The van der Waals surface area contributed by atoms with Crippen molar-refractivity contribution in [2.45, 2.75) is 71.9 Å². The van der Waals surface area contributed by atoms with Crippen LogP contribution in [0.5, 0.6) is 0 Å². The largest absolute Gasteiger partial charge is 0.326 e. The van der Waals surface area contributed by atoms with Gasteiger partial charge in [-0.1, -0.05) is 34.1 Å². The van der Waals surface area contributed by atoms with Gasteiger partial charge in [-0.2, -0.15) is 0 Å². The standard InChI is InChI=1S/C16H32N2/c1-5-12-8-9-18(11-12)15-10-13(16(2,3)4)6-7-14(15)17/h12-15H,5-11,17H2,1-4H3. The van der Waals surface area contributed by atoms with E-state index in [0.29, 0.717) is 17.5 Å². The normalized spacial score (nSPS) is 39.2. The van der Waals surface area contributed by atoms with Crippen LogP contribution in [0.25, 0.3) is 0 Å². The highest BCUT2D eigenvalue weighted by Crippen LogP contribution is 2.40. The molecule has 2 heteroatoms. The third-order valence-electron chi connectivity index (χ3n) is 5.46. The summed E-state index contributed by atoms with van der Waals surface area (Å²) in [6.07, 6.45) is 6.59. The lowest BCUT2D eigenvalue weighted by Crippen LogP contribution is -2.51. The molecule has 4 unspecified atom stereocenters. The molecule has 2 fully saturated rings. The van der Waals surface area contributed by atoms with E-state index in [0.717, 1.165) is 11.8 Å². The van der Waals surface area contributed by atoms with Crippen molar-refractivity contribution in [3.05, 3.63) is 0 Å². The zero-order valence-electron chi connectivity index (χ0n) is 12.8. The van der Waals surface area contributed by atoms with E-state index in [1.165, 1.54) is 45.2 Å². The smallest absolute Gasteiger partial charge is 0.0250 e. The predicted octanol–water partition coefficient (Wildman–Crippen LogP) is 3.26. The molecule has 0 aromatic carbocycles. The number of hydrogen-bond acceptors (Lipinski definition) is 2. The summed E-state index contributed by atoms with van der Waals surface area (Å²) in [5, 5.41) is 0. The van der Waals surface area contributed by atoms with Crippen LogP contribution in [-0.4, -0.2) is 30.1 Å². The molecule has 1 aliphatic heterocycles. The summed E-state index contributed by atoms with van der Waals surface area (Å²) in [6.45, 7) is 12.1. The monoisotopic (exact) mass is 252 g/mol. The Morgan fingerprint density at radius 2 is 1.89 bits per heavy atom. The van der Waals surface area contributed by atoms with Gasteiger partial charge in [0.05, 0.1) is 0 Å². The molecule has 0 bridgehead atoms. The predicted molar refractivity (Wildman–Crippen MR) is 78.5 cm³/mol. The number of nitrogens with two attached hydrogens (primary N) is 1. The van der Waals surface area contributed by atoms with Gasteiger partial charge in [-0.05, 0) is 49.5 Å². The fraction of sp³-hybridized carbons (Fsp3) is 1.00. The van der Waals surface area contributed by atoms with Gasteiger partial charge in [-0.15, -0.1) is 0 Å². The van der Waals surface area contributed by atoms with Gasteiger partial charge in [-0.3, -0.25) is 4.90 Å². The first-order valence-corrected chi connectivity index (χ1v) is 7.91. The molecule has 1 aliphatic carbocycles. The molecule has 0 spiro atoms. The first-order valence-electron chi connectivity index (χ1n) is 7.91. The van der Waals surface area contributed by atoms with E-state index in [9.17, 15) is 0 Å². The Hall–Kier alpha value is -0.0800. The summed E-state index contributed by atoms with van der Waals surface area (Å²) in [6, 6.07) is 1.07. The van der Waals surface area contributed by atoms with Gasteiger partial charge in [0.25, 0.3) is 0 Å². The number of nitrogens with zero attached hydrogens (tertiary/aromatic N) is 1. The van der Waals surface area contributed by atoms with Crippen LogP contribution in [-0.2, 0) is 0 Å². The molecule has 2 aliphatic rings. The van der Waals surface area contributed by atoms with Gasteiger partial charge in [0.15, 0.2) is 0 Å². The molecular formula is C16H32N2. The highest BCUT2D eigenvalue weighted by Gasteiger charge is 2.38. The minimum atomic E-state index is 0.416. The van der Waals surface area contributed by atoms with Crippen LogP contribution in [0.3, 0.4) is 0 Å². The van der Waals surface area contributed by atoms with Crippen LogP contribution >= 0.6 is 0 Å². The van der Waals surface area contributed by atoms with E-state index >= 15 is 0 Å². The van der Waals surface area contributed by atoms with E-state index in [2.05, 4.69) is 32.6 Å². The van der Waals surface area contributed by atoms with Gasteiger partial charge in [0.2, 0.25) is 0 Å². The van der Waals surface area contributed by atoms with E-state index in [4.69, 9.17) is 5.73 Å². The van der Waals surface area contributed by atoms with E-state index in [1.54, 1.807) is 0 Å². The van der Waals surface area contributed by atoms with Crippen LogP contribution < -0.4 is 5.73 Å². The molecule has 0 radical (unpaired) electrons. The Labute approximate surface area is 113 Å². The Kier molecular flexibility index (Phi) is 4.38. The second-order valence-corrected chi connectivity index (χ2v) is 7.67. The number of hydrogen-bond donors (Lipinski definition) is 1. The Morgan fingerprint density at radius 3 is 2.44 bits per heavy atom. The second kappa shape index (κ2) is 5.50. The van der Waals surface area contributed by atoms with Gasteiger partial charge in [0, 0.05) is 18.6 Å². The van der Waals surface area contributed by atoms with Crippen LogP contribution in [0.2, 0.25) is 0 Å². The topological polar surface area (TPSA) is 29.3 Å². The summed E-state index contributed by atoms with van der Waals surface area (Å²) >= 11 is 0. The summed E-state index contributed by atoms with van der Waals surface area (Å²) in [4.78, 5) is 2.71. The summed E-state index contributed by atoms with van der Waals surface area (Å²) in [5.74, 6) is 1.77. The Bertz CT molecular complexity index is 269. The van der Waals surface area contributed by atoms with Crippen LogP contribution in [0, 0.1) is 17.3 Å². The molecule has 1 heterocycles. The van der Waals surface area contributed by atoms with Gasteiger partial charge in [-0.25, -0.2) is 0 Å². The lowest BCUT2D eigenvalue weighted by atomic mass is 9.69. The van der Waals surface area contributed by atoms with Crippen molar-refractivity contribution >= 4 is 0 Å². The number of likely N-dealkylation sites (tertiary alicyclic amines) is 1. The first kappa shape index (κ1) is 14.3. The van der Waals surface area contributed by atoms with Crippen molar-refractivity contribution in [1.82, 2.24) is 4.90 Å². The highest BCUT2D eigenvalue weighted by molar-refractivity contribution is 4.94. The minimum absolute atomic E-state index is 0.416. The quantitative estimate of drug-likeness (QED) is 0.817. The Morgan fingerprint density at radius 1 is 1.17 bits per heavy atom. The summed E-state index contributed by atoms with van der Waals surface area (Å²) in [5.41, 5.74) is 6.86. The van der Waals surface area contributed by atoms with Gasteiger partial charge < -0.3 is 5.73 Å². The molecule has 0 aromatic heterocycles. The maximum absolute atomic E-state index is 6.41. The van der Waals surface area contributed by atoms with Gasteiger partial charge >= 0.3 is 0 Å². The van der Waals surface area contributed by atoms with Crippen molar-refractivity contribution in [3.63, 3.8) is 0 Å². The summed E-state index contributed by atoms with van der Waals surface area (Å²) < 4.78 is 0. The first-order chi connectivity index (χ1) is 8.41. The maximum Gasteiger partial charge on any atom is 0.0250 e. The van der Waals surface area contributed by atoms with Crippen LogP contribution in [0.4, 0.5) is 0 Å². The lowest BCUT2D eigenvalue weighted by molar-refractivity contribution is 0.0810. The van der Waals surface area contributed by atoms with Crippen LogP contribution in [0.15, 0.2) is 0 Å². The Balaban J connectivity index is 1.98. The van der Waals surface area contributed by atoms with Crippen LogP contribution in [0.1, 0.15) is 59.8 Å². The zero-order chi connectivity index (χ0) is 13.3. The highest BCUT2D eigenvalue weighted by atomic mass is 15.2. The van der Waals surface area contributed by atoms with Gasteiger partial charge in [0.1, 0.15) is 0 Å². The second-order valence-electron chi connectivity index (χ2n) is 7.67. The maximum atomic E-state index is 6.41. The third-order valence-corrected chi connectivity index (χ3v) is 5.46. The molecule has 2 nitrogen and oxygen atoms in total. The molecule has 0 aromatic rings. The van der Waals surface area contributed by atoms with Crippen molar-refractivity contribution in [2.75, 3.05) is 13.1 Å². The molecule has 1 saturated carbocycles. The zero-order valence-corrected chi connectivity index (χ0v) is 12.8. The summed E-state index contributed by atoms with van der Waals surface area (Å²) in [7, 11) is 0. The van der Waals surface area contributed by atoms with E-state index < -0.39 is 0 Å². The average Bonchev–Trinajstić information content (AvgIpc) is 2.76. The molecule has 1 saturated heterocycles. The molecule has 2 N–H and O–H groups in total. The molecule has 2 rings (SSSR count). The SMILES string of the molecule is CCC1CCN(C2CC(C(C)(C)C)CCC2N)C1. The molecular weight excluding hydrogens is 220 g/mol. The van der Waals surface area contributed by atoms with Crippen molar-refractivity contribution in [1.29, 1.82) is 0 Å². The van der Waals surface area contributed by atoms with E-state index in [-0.39, 0.29) is 0 Å².